The van der Waals surface area contributed by atoms with Crippen LogP contribution >= 0.6 is 11.9 Å². The van der Waals surface area contributed by atoms with Crippen LogP contribution < -0.4 is 4.90 Å². The molecule has 5 nitrogen and oxygen atoms in total. The first-order chi connectivity index (χ1) is 13.2. The van der Waals surface area contributed by atoms with Gasteiger partial charge in [-0.2, -0.15) is 0 Å². The Morgan fingerprint density at radius 3 is 2.52 bits per heavy atom. The molecule has 1 atom stereocenters. The average Bonchev–Trinajstić information content (AvgIpc) is 3.09. The summed E-state index contributed by atoms with van der Waals surface area (Å²) in [4.78, 5) is 28.8. The normalized spacial score (nSPS) is 15.4. The number of hydrogen-bond donors (Lipinski definition) is 0. The Kier molecular flexibility index (Phi) is 4.73. The smallest absolute Gasteiger partial charge is 0.335 e. The van der Waals surface area contributed by atoms with Crippen molar-refractivity contribution in [1.29, 1.82) is 0 Å². The van der Waals surface area contributed by atoms with Crippen molar-refractivity contribution >= 4 is 29.5 Å². The van der Waals surface area contributed by atoms with Crippen LogP contribution in [0.2, 0.25) is 0 Å². The molecule has 0 bridgehead atoms. The van der Waals surface area contributed by atoms with Crippen molar-refractivity contribution in [1.82, 2.24) is 3.97 Å². The van der Waals surface area contributed by atoms with E-state index in [2.05, 4.69) is 0 Å². The molecule has 0 saturated carbocycles. The van der Waals surface area contributed by atoms with Gasteiger partial charge in [-0.1, -0.05) is 30.3 Å². The fraction of sp³-hybridized carbons (Fsp3) is 0.143. The summed E-state index contributed by atoms with van der Waals surface area (Å²) in [5, 5.41) is 0. The molecular formula is C21H18N2O3S. The molecule has 3 aromatic rings. The molecule has 0 aliphatic carbocycles. The first-order valence-electron chi connectivity index (χ1n) is 8.70. The van der Waals surface area contributed by atoms with E-state index in [0.29, 0.717) is 16.9 Å². The van der Waals surface area contributed by atoms with Crippen molar-refractivity contribution < 1.29 is 14.3 Å². The number of esters is 1. The average molecular weight is 378 g/mol. The summed E-state index contributed by atoms with van der Waals surface area (Å²) in [7, 11) is 0. The van der Waals surface area contributed by atoms with Gasteiger partial charge in [-0.15, -0.1) is 0 Å². The Morgan fingerprint density at radius 1 is 1.00 bits per heavy atom. The standard InChI is InChI=1S/C21H18N2O3S/c1-2-26-21(25)19-17-12-8-14-22(17)27-18-13-7-6-11-16(18)23(19)20(24)15-9-4-3-5-10-15/h3-14,19H,2H2,1H3. The zero-order chi connectivity index (χ0) is 18.8. The number of amides is 1. The van der Waals surface area contributed by atoms with Gasteiger partial charge in [0.15, 0.2) is 6.04 Å². The molecule has 0 saturated heterocycles. The monoisotopic (exact) mass is 378 g/mol. The SMILES string of the molecule is CCOC(=O)C1c2cccn2Sc2ccccc2N1C(=O)c1ccccc1. The van der Waals surface area contributed by atoms with Crippen LogP contribution in [0, 0.1) is 0 Å². The van der Waals surface area contributed by atoms with Crippen LogP contribution in [-0.2, 0) is 9.53 Å². The molecule has 4 rings (SSSR count). The first kappa shape index (κ1) is 17.4. The minimum Gasteiger partial charge on any atom is -0.464 e. The van der Waals surface area contributed by atoms with E-state index >= 15 is 0 Å². The van der Waals surface area contributed by atoms with E-state index in [9.17, 15) is 9.59 Å². The van der Waals surface area contributed by atoms with Crippen molar-refractivity contribution in [3.8, 4) is 0 Å². The summed E-state index contributed by atoms with van der Waals surface area (Å²) in [6, 6.07) is 19.5. The van der Waals surface area contributed by atoms with E-state index < -0.39 is 12.0 Å². The highest BCUT2D eigenvalue weighted by molar-refractivity contribution is 7.98. The number of hydrogen-bond acceptors (Lipinski definition) is 4. The summed E-state index contributed by atoms with van der Waals surface area (Å²) in [6.07, 6.45) is 1.89. The fourth-order valence-corrected chi connectivity index (χ4v) is 4.19. The van der Waals surface area contributed by atoms with Gasteiger partial charge in [0.1, 0.15) is 0 Å². The maximum atomic E-state index is 13.5. The Balaban J connectivity index is 1.92. The van der Waals surface area contributed by atoms with E-state index in [1.807, 2.05) is 64.8 Å². The lowest BCUT2D eigenvalue weighted by Gasteiger charge is -2.29. The highest BCUT2D eigenvalue weighted by atomic mass is 32.2. The zero-order valence-electron chi connectivity index (χ0n) is 14.7. The molecule has 6 heteroatoms. The molecule has 1 unspecified atom stereocenters. The van der Waals surface area contributed by atoms with Gasteiger partial charge in [0.25, 0.3) is 5.91 Å². The van der Waals surface area contributed by atoms with E-state index in [0.717, 1.165) is 4.90 Å². The summed E-state index contributed by atoms with van der Waals surface area (Å²) in [6.45, 7) is 2.01. The van der Waals surface area contributed by atoms with Crippen LogP contribution in [-0.4, -0.2) is 22.5 Å². The summed E-state index contributed by atoms with van der Waals surface area (Å²) >= 11 is 1.48. The minimum atomic E-state index is -0.858. The van der Waals surface area contributed by atoms with Crippen LogP contribution in [0.1, 0.15) is 29.0 Å². The number of anilines is 1. The van der Waals surface area contributed by atoms with Crippen LogP contribution in [0.5, 0.6) is 0 Å². The molecule has 1 aliphatic heterocycles. The van der Waals surface area contributed by atoms with Gasteiger partial charge in [0.2, 0.25) is 0 Å². The number of nitrogens with zero attached hydrogens (tertiary/aromatic N) is 2. The number of fused-ring (bicyclic) bond motifs is 2. The second-order valence-corrected chi connectivity index (χ2v) is 7.03. The molecule has 0 radical (unpaired) electrons. The van der Waals surface area contributed by atoms with Crippen molar-refractivity contribution in [2.45, 2.75) is 17.9 Å². The van der Waals surface area contributed by atoms with Gasteiger partial charge in [0.05, 0.1) is 22.9 Å². The molecule has 27 heavy (non-hydrogen) atoms. The first-order valence-corrected chi connectivity index (χ1v) is 9.48. The number of para-hydroxylation sites is 1. The number of rotatable bonds is 3. The molecular weight excluding hydrogens is 360 g/mol. The molecule has 0 N–H and O–H groups in total. The summed E-state index contributed by atoms with van der Waals surface area (Å²) in [5.74, 6) is -0.685. The quantitative estimate of drug-likeness (QED) is 0.638. The predicted molar refractivity (Wildman–Crippen MR) is 105 cm³/mol. The van der Waals surface area contributed by atoms with Gasteiger partial charge in [0, 0.05) is 11.8 Å². The van der Waals surface area contributed by atoms with E-state index in [1.165, 1.54) is 11.9 Å². The maximum Gasteiger partial charge on any atom is 0.335 e. The molecule has 0 fully saturated rings. The van der Waals surface area contributed by atoms with Gasteiger partial charge >= 0.3 is 5.97 Å². The largest absolute Gasteiger partial charge is 0.464 e. The van der Waals surface area contributed by atoms with Crippen LogP contribution in [0.4, 0.5) is 5.69 Å². The Bertz CT molecular complexity index is 984. The molecule has 136 valence electrons. The number of benzene rings is 2. The number of ether oxygens (including phenoxy) is 1. The van der Waals surface area contributed by atoms with Crippen LogP contribution in [0.25, 0.3) is 0 Å². The van der Waals surface area contributed by atoms with E-state index in [4.69, 9.17) is 4.74 Å². The molecule has 1 aromatic heterocycles. The third-order valence-electron chi connectivity index (χ3n) is 4.35. The third-order valence-corrected chi connectivity index (χ3v) is 5.42. The lowest BCUT2D eigenvalue weighted by Crippen LogP contribution is -2.40. The molecule has 1 aliphatic rings. The number of aromatic nitrogens is 1. The summed E-state index contributed by atoms with van der Waals surface area (Å²) < 4.78 is 7.25. The van der Waals surface area contributed by atoms with Crippen LogP contribution in [0.3, 0.4) is 0 Å². The summed E-state index contributed by atoms with van der Waals surface area (Å²) in [5.41, 5.74) is 1.92. The minimum absolute atomic E-state index is 0.239. The van der Waals surface area contributed by atoms with E-state index in [1.54, 1.807) is 24.0 Å². The highest BCUT2D eigenvalue weighted by Crippen LogP contribution is 2.42. The molecule has 1 amide bonds. The second kappa shape index (κ2) is 7.32. The van der Waals surface area contributed by atoms with Crippen LogP contribution in [0.15, 0.2) is 77.8 Å². The van der Waals surface area contributed by atoms with E-state index in [-0.39, 0.29) is 12.5 Å². The number of carbonyl (C=O) groups excluding carboxylic acids is 2. The fourth-order valence-electron chi connectivity index (χ4n) is 3.18. The maximum absolute atomic E-state index is 13.5. The highest BCUT2D eigenvalue weighted by Gasteiger charge is 2.39. The predicted octanol–water partition coefficient (Wildman–Crippen LogP) is 4.31. The van der Waals surface area contributed by atoms with Gasteiger partial charge in [-0.25, -0.2) is 4.79 Å². The van der Waals surface area contributed by atoms with Crippen molar-refractivity contribution in [3.05, 3.63) is 84.2 Å². The zero-order valence-corrected chi connectivity index (χ0v) is 15.6. The Labute approximate surface area is 161 Å². The third kappa shape index (κ3) is 3.13. The second-order valence-electron chi connectivity index (χ2n) is 6.01. The molecule has 0 spiro atoms. The Hall–Kier alpha value is -2.99. The van der Waals surface area contributed by atoms with Crippen molar-refractivity contribution in [2.24, 2.45) is 0 Å². The van der Waals surface area contributed by atoms with Crippen molar-refractivity contribution in [2.75, 3.05) is 11.5 Å². The van der Waals surface area contributed by atoms with Gasteiger partial charge in [-0.3, -0.25) is 13.7 Å². The lowest BCUT2D eigenvalue weighted by molar-refractivity contribution is -0.144. The Morgan fingerprint density at radius 2 is 1.74 bits per heavy atom. The van der Waals surface area contributed by atoms with Gasteiger partial charge < -0.3 is 4.74 Å². The lowest BCUT2D eigenvalue weighted by atomic mass is 10.1. The van der Waals surface area contributed by atoms with Gasteiger partial charge in [-0.05, 0) is 55.3 Å². The molecule has 2 heterocycles. The topological polar surface area (TPSA) is 51.5 Å². The van der Waals surface area contributed by atoms with Crippen molar-refractivity contribution in [3.63, 3.8) is 0 Å². The molecule has 2 aromatic carbocycles. The number of carbonyl (C=O) groups is 2.